The molecule has 0 heterocycles. The van der Waals surface area contributed by atoms with Crippen LogP contribution in [0.3, 0.4) is 0 Å². The zero-order valence-electron chi connectivity index (χ0n) is 11.4. The second kappa shape index (κ2) is 6.35. The fraction of sp³-hybridized carbons (Fsp3) is 0.625. The predicted octanol–water partition coefficient (Wildman–Crippen LogP) is 2.76. The molecule has 18 heavy (non-hydrogen) atoms. The molecule has 0 aliphatic heterocycles. The van der Waals surface area contributed by atoms with E-state index in [1.54, 1.807) is 0 Å². The SMILES string of the molecule is CCCC(Cc1ccccc1)NCC1(CO)CC1. The average Bonchev–Trinajstić information content (AvgIpc) is 3.18. The summed E-state index contributed by atoms with van der Waals surface area (Å²) in [6.45, 7) is 3.55. The Labute approximate surface area is 110 Å². The van der Waals surface area contributed by atoms with Gasteiger partial charge in [-0.2, -0.15) is 0 Å². The highest BCUT2D eigenvalue weighted by Gasteiger charge is 2.41. The van der Waals surface area contributed by atoms with Crippen LogP contribution in [0.1, 0.15) is 38.2 Å². The number of rotatable bonds is 8. The minimum Gasteiger partial charge on any atom is -0.396 e. The molecule has 1 unspecified atom stereocenters. The van der Waals surface area contributed by atoms with Gasteiger partial charge >= 0.3 is 0 Å². The van der Waals surface area contributed by atoms with Crippen molar-refractivity contribution in [2.45, 2.75) is 45.1 Å². The van der Waals surface area contributed by atoms with Crippen LogP contribution in [-0.2, 0) is 6.42 Å². The van der Waals surface area contributed by atoms with Crippen molar-refractivity contribution in [3.05, 3.63) is 35.9 Å². The molecule has 1 atom stereocenters. The Morgan fingerprint density at radius 3 is 2.56 bits per heavy atom. The molecule has 0 saturated heterocycles. The van der Waals surface area contributed by atoms with Crippen LogP contribution in [0.15, 0.2) is 30.3 Å². The molecule has 0 aromatic heterocycles. The Morgan fingerprint density at radius 2 is 2.00 bits per heavy atom. The van der Waals surface area contributed by atoms with Crippen molar-refractivity contribution in [1.82, 2.24) is 5.32 Å². The van der Waals surface area contributed by atoms with Gasteiger partial charge in [-0.05, 0) is 31.2 Å². The van der Waals surface area contributed by atoms with Gasteiger partial charge in [0.2, 0.25) is 0 Å². The van der Waals surface area contributed by atoms with Gasteiger partial charge in [-0.15, -0.1) is 0 Å². The van der Waals surface area contributed by atoms with Crippen molar-refractivity contribution in [3.8, 4) is 0 Å². The molecule has 2 rings (SSSR count). The molecule has 2 nitrogen and oxygen atoms in total. The summed E-state index contributed by atoms with van der Waals surface area (Å²) in [4.78, 5) is 0. The number of hydrogen-bond donors (Lipinski definition) is 2. The molecule has 2 heteroatoms. The van der Waals surface area contributed by atoms with Gasteiger partial charge in [0.1, 0.15) is 0 Å². The van der Waals surface area contributed by atoms with Gasteiger partial charge in [-0.1, -0.05) is 43.7 Å². The smallest absolute Gasteiger partial charge is 0.0499 e. The van der Waals surface area contributed by atoms with Crippen LogP contribution in [0, 0.1) is 5.41 Å². The molecule has 1 saturated carbocycles. The number of nitrogens with one attached hydrogen (secondary N) is 1. The monoisotopic (exact) mass is 247 g/mol. The quantitative estimate of drug-likeness (QED) is 0.740. The molecular formula is C16H25NO. The molecule has 1 aromatic carbocycles. The number of hydrogen-bond acceptors (Lipinski definition) is 2. The van der Waals surface area contributed by atoms with E-state index in [4.69, 9.17) is 0 Å². The molecule has 1 fully saturated rings. The number of aliphatic hydroxyl groups is 1. The molecule has 2 N–H and O–H groups in total. The van der Waals surface area contributed by atoms with Crippen molar-refractivity contribution in [2.24, 2.45) is 5.41 Å². The minimum absolute atomic E-state index is 0.211. The first-order valence-electron chi connectivity index (χ1n) is 7.16. The van der Waals surface area contributed by atoms with E-state index in [9.17, 15) is 5.11 Å². The first kappa shape index (κ1) is 13.6. The van der Waals surface area contributed by atoms with Crippen LogP contribution in [0.4, 0.5) is 0 Å². The third kappa shape index (κ3) is 3.82. The summed E-state index contributed by atoms with van der Waals surface area (Å²) < 4.78 is 0. The summed E-state index contributed by atoms with van der Waals surface area (Å²) in [5, 5.41) is 13.0. The zero-order chi connectivity index (χ0) is 12.8. The Morgan fingerprint density at radius 1 is 1.28 bits per heavy atom. The minimum atomic E-state index is 0.211. The summed E-state index contributed by atoms with van der Waals surface area (Å²) in [6.07, 6.45) is 5.87. The van der Waals surface area contributed by atoms with E-state index in [-0.39, 0.29) is 5.41 Å². The summed E-state index contributed by atoms with van der Waals surface area (Å²) in [5.41, 5.74) is 1.61. The van der Waals surface area contributed by atoms with Gasteiger partial charge in [0.25, 0.3) is 0 Å². The normalized spacial score (nSPS) is 18.6. The fourth-order valence-corrected chi connectivity index (χ4v) is 2.45. The van der Waals surface area contributed by atoms with E-state index in [1.807, 2.05) is 0 Å². The molecule has 0 radical (unpaired) electrons. The van der Waals surface area contributed by atoms with Crippen LogP contribution in [-0.4, -0.2) is 24.3 Å². The van der Waals surface area contributed by atoms with E-state index in [0.717, 1.165) is 13.0 Å². The summed E-state index contributed by atoms with van der Waals surface area (Å²) in [6, 6.07) is 11.2. The number of benzene rings is 1. The summed E-state index contributed by atoms with van der Waals surface area (Å²) in [7, 11) is 0. The maximum absolute atomic E-state index is 9.35. The van der Waals surface area contributed by atoms with Crippen molar-refractivity contribution in [2.75, 3.05) is 13.2 Å². The Bertz CT molecular complexity index is 345. The standard InChI is InChI=1S/C16H25NO/c1-2-6-15(11-14-7-4-3-5-8-14)17-12-16(13-18)9-10-16/h3-5,7-8,15,17-18H,2,6,9-13H2,1H3. The maximum Gasteiger partial charge on any atom is 0.0499 e. The average molecular weight is 247 g/mol. The van der Waals surface area contributed by atoms with Gasteiger partial charge in [0, 0.05) is 24.6 Å². The number of aliphatic hydroxyl groups excluding tert-OH is 1. The van der Waals surface area contributed by atoms with Crippen molar-refractivity contribution in [1.29, 1.82) is 0 Å². The van der Waals surface area contributed by atoms with Crippen molar-refractivity contribution < 1.29 is 5.11 Å². The highest BCUT2D eigenvalue weighted by molar-refractivity contribution is 5.16. The first-order valence-corrected chi connectivity index (χ1v) is 7.16. The van der Waals surface area contributed by atoms with Gasteiger partial charge < -0.3 is 10.4 Å². The van der Waals surface area contributed by atoms with Crippen LogP contribution >= 0.6 is 0 Å². The molecule has 100 valence electrons. The molecule has 1 aliphatic rings. The molecule has 0 spiro atoms. The zero-order valence-corrected chi connectivity index (χ0v) is 11.4. The maximum atomic E-state index is 9.35. The Balaban J connectivity index is 1.84. The first-order chi connectivity index (χ1) is 8.78. The lowest BCUT2D eigenvalue weighted by atomic mass is 10.0. The molecule has 0 bridgehead atoms. The van der Waals surface area contributed by atoms with E-state index in [0.29, 0.717) is 12.6 Å². The van der Waals surface area contributed by atoms with E-state index in [1.165, 1.54) is 31.2 Å². The van der Waals surface area contributed by atoms with E-state index >= 15 is 0 Å². The highest BCUT2D eigenvalue weighted by atomic mass is 16.3. The summed E-state index contributed by atoms with van der Waals surface area (Å²) in [5.74, 6) is 0. The lowest BCUT2D eigenvalue weighted by molar-refractivity contribution is 0.203. The second-order valence-corrected chi connectivity index (χ2v) is 5.71. The van der Waals surface area contributed by atoms with E-state index in [2.05, 4.69) is 42.6 Å². The Hall–Kier alpha value is -0.860. The van der Waals surface area contributed by atoms with E-state index < -0.39 is 0 Å². The molecule has 1 aliphatic carbocycles. The van der Waals surface area contributed by atoms with Crippen LogP contribution in [0.5, 0.6) is 0 Å². The molecular weight excluding hydrogens is 222 g/mol. The van der Waals surface area contributed by atoms with Crippen molar-refractivity contribution in [3.63, 3.8) is 0 Å². The predicted molar refractivity (Wildman–Crippen MR) is 75.6 cm³/mol. The molecule has 0 amide bonds. The van der Waals surface area contributed by atoms with Gasteiger partial charge in [0.05, 0.1) is 0 Å². The van der Waals surface area contributed by atoms with Gasteiger partial charge in [0.15, 0.2) is 0 Å². The van der Waals surface area contributed by atoms with Crippen molar-refractivity contribution >= 4 is 0 Å². The summed E-state index contributed by atoms with van der Waals surface area (Å²) >= 11 is 0. The molecule has 1 aromatic rings. The van der Waals surface area contributed by atoms with Gasteiger partial charge in [-0.3, -0.25) is 0 Å². The van der Waals surface area contributed by atoms with Crippen LogP contribution < -0.4 is 5.32 Å². The lowest BCUT2D eigenvalue weighted by Gasteiger charge is -2.21. The van der Waals surface area contributed by atoms with Crippen LogP contribution in [0.2, 0.25) is 0 Å². The second-order valence-electron chi connectivity index (χ2n) is 5.71. The fourth-order valence-electron chi connectivity index (χ4n) is 2.45. The third-order valence-electron chi connectivity index (χ3n) is 4.02. The topological polar surface area (TPSA) is 32.3 Å². The highest BCUT2D eigenvalue weighted by Crippen LogP contribution is 2.44. The third-order valence-corrected chi connectivity index (χ3v) is 4.02. The largest absolute Gasteiger partial charge is 0.396 e. The van der Waals surface area contributed by atoms with Crippen LogP contribution in [0.25, 0.3) is 0 Å². The Kier molecular flexibility index (Phi) is 4.79. The lowest BCUT2D eigenvalue weighted by Crippen LogP contribution is -2.36. The van der Waals surface area contributed by atoms with Gasteiger partial charge in [-0.25, -0.2) is 0 Å².